The molecule has 4 nitrogen and oxygen atoms in total. The predicted octanol–water partition coefficient (Wildman–Crippen LogP) is 3.84. The van der Waals surface area contributed by atoms with Gasteiger partial charge in [0.25, 0.3) is 5.91 Å². The third kappa shape index (κ3) is 3.49. The number of carbonyl (C=O) groups excluding carboxylic acids is 1. The molecule has 0 saturated carbocycles. The lowest BCUT2D eigenvalue weighted by atomic mass is 10.1. The number of hydrazone groups is 1. The summed E-state index contributed by atoms with van der Waals surface area (Å²) in [5.41, 5.74) is 3.89. The number of hydrogen-bond acceptors (Lipinski definition) is 3. The molecule has 21 heavy (non-hydrogen) atoms. The van der Waals surface area contributed by atoms with Gasteiger partial charge in [-0.2, -0.15) is 5.10 Å². The molecule has 0 unspecified atom stereocenters. The Morgan fingerprint density at radius 2 is 2.00 bits per heavy atom. The molecule has 1 aromatic carbocycles. The van der Waals surface area contributed by atoms with Gasteiger partial charge >= 0.3 is 0 Å². The highest BCUT2D eigenvalue weighted by Gasteiger charge is 2.13. The fourth-order valence-corrected chi connectivity index (χ4v) is 2.20. The molecule has 0 saturated heterocycles. The van der Waals surface area contributed by atoms with E-state index in [9.17, 15) is 9.18 Å². The Hall–Kier alpha value is -2.14. The van der Waals surface area contributed by atoms with Crippen LogP contribution in [0.2, 0.25) is 5.02 Å². The van der Waals surface area contributed by atoms with E-state index in [1.165, 1.54) is 18.2 Å². The van der Waals surface area contributed by atoms with Crippen LogP contribution in [0.15, 0.2) is 33.8 Å². The van der Waals surface area contributed by atoms with E-state index in [4.69, 9.17) is 16.0 Å². The van der Waals surface area contributed by atoms with Crippen LogP contribution in [0, 0.1) is 19.7 Å². The molecule has 6 heteroatoms. The Bertz CT molecular complexity index is 722. The summed E-state index contributed by atoms with van der Waals surface area (Å²) in [5, 5.41) is 4.22. The summed E-state index contributed by atoms with van der Waals surface area (Å²) >= 11 is 5.94. The Balaban J connectivity index is 2.17. The molecule has 1 heterocycles. The molecule has 0 aliphatic rings. The minimum absolute atomic E-state index is 0.237. The van der Waals surface area contributed by atoms with Crippen molar-refractivity contribution in [3.8, 4) is 0 Å². The van der Waals surface area contributed by atoms with Crippen molar-refractivity contribution >= 4 is 23.2 Å². The highest BCUT2D eigenvalue weighted by Crippen LogP contribution is 2.18. The van der Waals surface area contributed by atoms with E-state index in [0.717, 1.165) is 0 Å². The second-order valence-corrected chi connectivity index (χ2v) is 5.00. The number of carbonyl (C=O) groups is 1. The largest absolute Gasteiger partial charge is 0.466 e. The molecule has 2 aromatic rings. The van der Waals surface area contributed by atoms with Crippen LogP contribution in [0.5, 0.6) is 0 Å². The predicted molar refractivity (Wildman–Crippen MR) is 79.3 cm³/mol. The van der Waals surface area contributed by atoms with E-state index in [2.05, 4.69) is 10.5 Å². The van der Waals surface area contributed by atoms with Gasteiger partial charge in [0.2, 0.25) is 0 Å². The van der Waals surface area contributed by atoms with Crippen LogP contribution in [0.25, 0.3) is 0 Å². The number of furan rings is 1. The summed E-state index contributed by atoms with van der Waals surface area (Å²) in [6.07, 6.45) is 0. The Morgan fingerprint density at radius 3 is 2.57 bits per heavy atom. The van der Waals surface area contributed by atoms with Gasteiger partial charge < -0.3 is 4.42 Å². The fourth-order valence-electron chi connectivity index (χ4n) is 1.89. The van der Waals surface area contributed by atoms with Gasteiger partial charge in [0.1, 0.15) is 17.3 Å². The van der Waals surface area contributed by atoms with Crippen molar-refractivity contribution in [2.45, 2.75) is 20.8 Å². The van der Waals surface area contributed by atoms with Crippen LogP contribution in [0.4, 0.5) is 4.39 Å². The summed E-state index contributed by atoms with van der Waals surface area (Å²) in [7, 11) is 0. The molecular weight excluding hydrogens is 295 g/mol. The smallest absolute Gasteiger partial charge is 0.274 e. The monoisotopic (exact) mass is 308 g/mol. The zero-order valence-electron chi connectivity index (χ0n) is 11.8. The van der Waals surface area contributed by atoms with Crippen molar-refractivity contribution in [3.63, 3.8) is 0 Å². The first-order chi connectivity index (χ1) is 9.88. The normalized spacial score (nSPS) is 11.6. The van der Waals surface area contributed by atoms with E-state index in [1.54, 1.807) is 26.8 Å². The Kier molecular flexibility index (Phi) is 4.43. The lowest BCUT2D eigenvalue weighted by molar-refractivity contribution is 0.0953. The van der Waals surface area contributed by atoms with Crippen LogP contribution in [-0.4, -0.2) is 11.6 Å². The lowest BCUT2D eigenvalue weighted by Crippen LogP contribution is -2.19. The van der Waals surface area contributed by atoms with E-state index in [0.29, 0.717) is 28.4 Å². The molecule has 0 aliphatic heterocycles. The Morgan fingerprint density at radius 1 is 1.29 bits per heavy atom. The summed E-state index contributed by atoms with van der Waals surface area (Å²) in [4.78, 5) is 12.0. The van der Waals surface area contributed by atoms with Crippen molar-refractivity contribution in [1.82, 2.24) is 5.43 Å². The molecule has 1 N–H and O–H groups in total. The maximum Gasteiger partial charge on any atom is 0.274 e. The van der Waals surface area contributed by atoms with E-state index in [-0.39, 0.29) is 10.9 Å². The van der Waals surface area contributed by atoms with Gasteiger partial charge in [0, 0.05) is 5.56 Å². The number of nitrogens with one attached hydrogen (secondary N) is 1. The SMILES string of the molecule is C/C(=N/NC(=O)c1cc(C)oc1C)c1ccc(F)cc1Cl. The molecule has 1 aromatic heterocycles. The van der Waals surface area contributed by atoms with Crippen molar-refractivity contribution in [3.05, 3.63) is 57.8 Å². The molecule has 0 radical (unpaired) electrons. The number of rotatable bonds is 3. The van der Waals surface area contributed by atoms with Crippen molar-refractivity contribution in [2.24, 2.45) is 5.10 Å². The fraction of sp³-hybridized carbons (Fsp3) is 0.200. The van der Waals surface area contributed by atoms with Crippen LogP contribution in [0.3, 0.4) is 0 Å². The molecule has 2 rings (SSSR count). The first-order valence-electron chi connectivity index (χ1n) is 6.25. The molecule has 0 aliphatic carbocycles. The van der Waals surface area contributed by atoms with Crippen molar-refractivity contribution in [1.29, 1.82) is 0 Å². The second-order valence-electron chi connectivity index (χ2n) is 4.59. The highest BCUT2D eigenvalue weighted by molar-refractivity contribution is 6.34. The first-order valence-corrected chi connectivity index (χ1v) is 6.63. The van der Waals surface area contributed by atoms with Gasteiger partial charge in [-0.3, -0.25) is 4.79 Å². The molecule has 110 valence electrons. The third-order valence-corrected chi connectivity index (χ3v) is 3.24. The number of aryl methyl sites for hydroxylation is 2. The number of hydrogen-bond donors (Lipinski definition) is 1. The van der Waals surface area contributed by atoms with Crippen molar-refractivity contribution in [2.75, 3.05) is 0 Å². The van der Waals surface area contributed by atoms with E-state index in [1.807, 2.05) is 0 Å². The maximum atomic E-state index is 13.0. The van der Waals surface area contributed by atoms with Crippen LogP contribution >= 0.6 is 11.6 Å². The van der Waals surface area contributed by atoms with Gasteiger partial charge in [-0.1, -0.05) is 11.6 Å². The minimum Gasteiger partial charge on any atom is -0.466 e. The quantitative estimate of drug-likeness (QED) is 0.692. The van der Waals surface area contributed by atoms with Gasteiger partial charge in [0.15, 0.2) is 0 Å². The summed E-state index contributed by atoms with van der Waals surface area (Å²) < 4.78 is 18.3. The average Bonchev–Trinajstić information content (AvgIpc) is 2.74. The van der Waals surface area contributed by atoms with Gasteiger partial charge in [-0.05, 0) is 45.0 Å². The van der Waals surface area contributed by atoms with Gasteiger partial charge in [-0.25, -0.2) is 9.82 Å². The van der Waals surface area contributed by atoms with E-state index >= 15 is 0 Å². The molecule has 0 bridgehead atoms. The summed E-state index contributed by atoms with van der Waals surface area (Å²) in [6, 6.07) is 5.63. The zero-order chi connectivity index (χ0) is 15.6. The molecular formula is C15H14ClFN2O2. The molecule has 0 spiro atoms. The molecule has 0 fully saturated rings. The lowest BCUT2D eigenvalue weighted by Gasteiger charge is -2.04. The van der Waals surface area contributed by atoms with Crippen LogP contribution < -0.4 is 5.43 Å². The average molecular weight is 309 g/mol. The number of nitrogens with zero attached hydrogens (tertiary/aromatic N) is 1. The summed E-state index contributed by atoms with van der Waals surface area (Å²) in [6.45, 7) is 5.14. The number of amides is 1. The standard InChI is InChI=1S/C15H14ClFN2O2/c1-8-6-13(10(3)21-8)15(20)19-18-9(2)12-5-4-11(17)7-14(12)16/h4-7H,1-3H3,(H,19,20)/b18-9-. The third-order valence-electron chi connectivity index (χ3n) is 2.93. The maximum absolute atomic E-state index is 13.0. The topological polar surface area (TPSA) is 54.6 Å². The number of halogens is 2. The molecule has 0 atom stereocenters. The zero-order valence-corrected chi connectivity index (χ0v) is 12.6. The second kappa shape index (κ2) is 6.10. The van der Waals surface area contributed by atoms with Gasteiger partial charge in [0.05, 0.1) is 16.3 Å². The van der Waals surface area contributed by atoms with Crippen LogP contribution in [0.1, 0.15) is 34.4 Å². The summed E-state index contributed by atoms with van der Waals surface area (Å²) in [5.74, 6) is 0.379. The minimum atomic E-state index is -0.426. The first kappa shape index (κ1) is 15.3. The van der Waals surface area contributed by atoms with Crippen molar-refractivity contribution < 1.29 is 13.6 Å². The molecule has 1 amide bonds. The van der Waals surface area contributed by atoms with E-state index < -0.39 is 5.82 Å². The van der Waals surface area contributed by atoms with Crippen LogP contribution in [-0.2, 0) is 0 Å². The Labute approximate surface area is 126 Å². The number of benzene rings is 1. The van der Waals surface area contributed by atoms with Gasteiger partial charge in [-0.15, -0.1) is 0 Å². The highest BCUT2D eigenvalue weighted by atomic mass is 35.5.